The number of anilines is 3. The molecular formula is C23H24Cl2N6O3S. The summed E-state index contributed by atoms with van der Waals surface area (Å²) in [7, 11) is -1.92. The molecule has 0 bridgehead atoms. The summed E-state index contributed by atoms with van der Waals surface area (Å²) in [5, 5.41) is 0.916. The first-order valence-electron chi connectivity index (χ1n) is 10.8. The highest BCUT2D eigenvalue weighted by atomic mass is 35.5. The van der Waals surface area contributed by atoms with Crippen LogP contribution >= 0.6 is 23.2 Å². The van der Waals surface area contributed by atoms with E-state index < -0.39 is 10.0 Å². The summed E-state index contributed by atoms with van der Waals surface area (Å²) in [4.78, 5) is 26.4. The summed E-state index contributed by atoms with van der Waals surface area (Å²) >= 11 is 12.1. The van der Waals surface area contributed by atoms with Crippen LogP contribution in [0.1, 0.15) is 0 Å². The van der Waals surface area contributed by atoms with E-state index in [1.807, 2.05) is 22.9 Å². The van der Waals surface area contributed by atoms with Crippen molar-refractivity contribution in [2.75, 3.05) is 54.3 Å². The highest BCUT2D eigenvalue weighted by Crippen LogP contribution is 2.27. The van der Waals surface area contributed by atoms with Crippen molar-refractivity contribution in [3.05, 3.63) is 71.1 Å². The lowest BCUT2D eigenvalue weighted by molar-refractivity contribution is -0.129. The lowest BCUT2D eigenvalue weighted by Crippen LogP contribution is -2.51. The van der Waals surface area contributed by atoms with Crippen LogP contribution in [0.4, 0.5) is 17.2 Å². The minimum absolute atomic E-state index is 0.0236. The van der Waals surface area contributed by atoms with Crippen LogP contribution in [0.3, 0.4) is 0 Å². The van der Waals surface area contributed by atoms with E-state index in [9.17, 15) is 13.2 Å². The first-order valence-corrected chi connectivity index (χ1v) is 13.0. The molecule has 0 unspecified atom stereocenters. The van der Waals surface area contributed by atoms with Crippen LogP contribution in [0.15, 0.2) is 66.0 Å². The van der Waals surface area contributed by atoms with Gasteiger partial charge in [-0.15, -0.1) is 0 Å². The largest absolute Gasteiger partial charge is 0.368 e. The van der Waals surface area contributed by atoms with E-state index in [-0.39, 0.29) is 23.2 Å². The van der Waals surface area contributed by atoms with E-state index in [2.05, 4.69) is 19.6 Å². The van der Waals surface area contributed by atoms with Gasteiger partial charge >= 0.3 is 0 Å². The van der Waals surface area contributed by atoms with Gasteiger partial charge < -0.3 is 14.7 Å². The van der Waals surface area contributed by atoms with Gasteiger partial charge in [-0.25, -0.2) is 18.4 Å². The van der Waals surface area contributed by atoms with Gasteiger partial charge in [0.15, 0.2) is 0 Å². The zero-order valence-corrected chi connectivity index (χ0v) is 21.3. The molecule has 1 aromatic heterocycles. The third kappa shape index (κ3) is 6.14. The molecule has 1 aliphatic rings. The molecule has 3 aromatic rings. The summed E-state index contributed by atoms with van der Waals surface area (Å²) in [5.41, 5.74) is 1.71. The molecule has 35 heavy (non-hydrogen) atoms. The molecule has 12 heteroatoms. The number of likely N-dealkylation sites (N-methyl/N-ethyl adjacent to an activating group) is 1. The van der Waals surface area contributed by atoms with E-state index in [1.54, 1.807) is 36.4 Å². The first kappa shape index (κ1) is 25.0. The molecule has 0 saturated carbocycles. The number of piperazine rings is 1. The van der Waals surface area contributed by atoms with Crippen molar-refractivity contribution in [2.45, 2.75) is 4.90 Å². The summed E-state index contributed by atoms with van der Waals surface area (Å²) in [6.07, 6.45) is 2.74. The Labute approximate surface area is 214 Å². The van der Waals surface area contributed by atoms with Crippen molar-refractivity contribution in [2.24, 2.45) is 0 Å². The Morgan fingerprint density at radius 1 is 1.03 bits per heavy atom. The second-order valence-corrected chi connectivity index (χ2v) is 10.5. The van der Waals surface area contributed by atoms with Crippen LogP contribution in [0.5, 0.6) is 0 Å². The predicted octanol–water partition coefficient (Wildman–Crippen LogP) is 3.37. The van der Waals surface area contributed by atoms with Crippen LogP contribution in [0, 0.1) is 0 Å². The van der Waals surface area contributed by atoms with Crippen molar-refractivity contribution >= 4 is 56.3 Å². The zero-order valence-electron chi connectivity index (χ0n) is 18.9. The molecule has 1 aliphatic heterocycles. The number of amides is 1. The average Bonchev–Trinajstić information content (AvgIpc) is 2.86. The Hall–Kier alpha value is -3.08. The van der Waals surface area contributed by atoms with Crippen LogP contribution in [0.25, 0.3) is 0 Å². The van der Waals surface area contributed by atoms with Crippen LogP contribution in [-0.4, -0.2) is 69.0 Å². The van der Waals surface area contributed by atoms with Gasteiger partial charge in [-0.2, -0.15) is 0 Å². The minimum atomic E-state index is -3.75. The number of sulfonamides is 1. The monoisotopic (exact) mass is 534 g/mol. The van der Waals surface area contributed by atoms with Gasteiger partial charge in [0, 0.05) is 50.8 Å². The number of aromatic nitrogens is 2. The molecule has 9 nitrogen and oxygen atoms in total. The number of benzene rings is 2. The molecule has 0 atom stereocenters. The number of nitrogens with one attached hydrogen (secondary N) is 1. The highest BCUT2D eigenvalue weighted by Gasteiger charge is 2.23. The molecule has 4 rings (SSSR count). The topological polar surface area (TPSA) is 98.7 Å². The van der Waals surface area contributed by atoms with Crippen LogP contribution in [0.2, 0.25) is 10.0 Å². The third-order valence-corrected chi connectivity index (χ3v) is 7.79. The minimum Gasteiger partial charge on any atom is -0.368 e. The first-order chi connectivity index (χ1) is 16.7. The Bertz CT molecular complexity index is 1280. The number of hydrogen-bond acceptors (Lipinski definition) is 7. The maximum Gasteiger partial charge on any atom is 0.263 e. The van der Waals surface area contributed by atoms with E-state index in [0.717, 1.165) is 11.4 Å². The van der Waals surface area contributed by atoms with Gasteiger partial charge in [-0.1, -0.05) is 23.2 Å². The Kier molecular flexibility index (Phi) is 7.63. The second-order valence-electron chi connectivity index (χ2n) is 8.02. The third-order valence-electron chi connectivity index (χ3n) is 5.68. The maximum absolute atomic E-state index is 12.8. The highest BCUT2D eigenvalue weighted by molar-refractivity contribution is 7.92. The molecule has 2 aromatic carbocycles. The summed E-state index contributed by atoms with van der Waals surface area (Å²) in [6.45, 7) is 2.66. The Morgan fingerprint density at radius 3 is 2.37 bits per heavy atom. The lowest BCUT2D eigenvalue weighted by atomic mass is 10.2. The summed E-state index contributed by atoms with van der Waals surface area (Å²) in [6, 6.07) is 13.4. The maximum atomic E-state index is 12.8. The van der Waals surface area contributed by atoms with Crippen molar-refractivity contribution in [1.29, 1.82) is 0 Å². The fourth-order valence-electron chi connectivity index (χ4n) is 3.71. The van der Waals surface area contributed by atoms with Crippen LogP contribution < -0.4 is 14.5 Å². The van der Waals surface area contributed by atoms with Crippen molar-refractivity contribution < 1.29 is 13.2 Å². The summed E-state index contributed by atoms with van der Waals surface area (Å²) < 4.78 is 27.6. The van der Waals surface area contributed by atoms with Crippen molar-refractivity contribution in [3.8, 4) is 0 Å². The van der Waals surface area contributed by atoms with Crippen LogP contribution in [-0.2, 0) is 14.8 Å². The molecule has 1 saturated heterocycles. The number of halogens is 2. The number of hydrogen-bond donors (Lipinski definition) is 1. The van der Waals surface area contributed by atoms with Gasteiger partial charge in [0.1, 0.15) is 12.1 Å². The van der Waals surface area contributed by atoms with E-state index in [1.165, 1.54) is 18.6 Å². The van der Waals surface area contributed by atoms with Gasteiger partial charge in [0.2, 0.25) is 5.91 Å². The number of rotatable bonds is 7. The van der Waals surface area contributed by atoms with E-state index in [0.29, 0.717) is 36.2 Å². The SMILES string of the molecule is CN(CC(=O)N1CCN(c2ccc(S(=O)(=O)Nc3ccncn3)cc2)CC1)c1ccc(Cl)c(Cl)c1. The zero-order chi connectivity index (χ0) is 25.0. The number of carbonyl (C=O) groups is 1. The molecule has 0 aliphatic carbocycles. The molecule has 1 fully saturated rings. The van der Waals surface area contributed by atoms with Crippen molar-refractivity contribution in [1.82, 2.24) is 14.9 Å². The van der Waals surface area contributed by atoms with Gasteiger partial charge in [0.05, 0.1) is 21.5 Å². The normalized spacial score (nSPS) is 14.0. The fraction of sp³-hybridized carbons (Fsp3) is 0.261. The molecule has 2 heterocycles. The van der Waals surface area contributed by atoms with E-state index >= 15 is 0 Å². The quantitative estimate of drug-likeness (QED) is 0.496. The number of nitrogens with zero attached hydrogens (tertiary/aromatic N) is 5. The second kappa shape index (κ2) is 10.7. The Morgan fingerprint density at radius 2 is 1.74 bits per heavy atom. The molecule has 0 radical (unpaired) electrons. The molecule has 1 amide bonds. The smallest absolute Gasteiger partial charge is 0.263 e. The fourth-order valence-corrected chi connectivity index (χ4v) is 5.02. The van der Waals surface area contributed by atoms with Gasteiger partial charge in [0.25, 0.3) is 10.0 Å². The van der Waals surface area contributed by atoms with Gasteiger partial charge in [-0.3, -0.25) is 9.52 Å². The Balaban J connectivity index is 1.32. The number of carbonyl (C=O) groups excluding carboxylic acids is 1. The predicted molar refractivity (Wildman–Crippen MR) is 138 cm³/mol. The molecular weight excluding hydrogens is 511 g/mol. The lowest BCUT2D eigenvalue weighted by Gasteiger charge is -2.37. The molecule has 0 spiro atoms. The van der Waals surface area contributed by atoms with E-state index in [4.69, 9.17) is 23.2 Å². The summed E-state index contributed by atoms with van der Waals surface area (Å²) in [5.74, 6) is 0.227. The average molecular weight is 535 g/mol. The van der Waals surface area contributed by atoms with Crippen molar-refractivity contribution in [3.63, 3.8) is 0 Å². The molecule has 1 N–H and O–H groups in total. The van der Waals surface area contributed by atoms with Gasteiger partial charge in [-0.05, 0) is 48.5 Å². The molecule has 184 valence electrons. The standard InChI is InChI=1S/C23H24Cl2N6O3S/c1-29(18-4-7-20(24)21(25)14-18)15-23(32)31-12-10-30(11-13-31)17-2-5-19(6-3-17)35(33,34)28-22-8-9-26-16-27-22/h2-9,14,16H,10-13,15H2,1H3,(H,26,27,28).